The lowest BCUT2D eigenvalue weighted by Gasteiger charge is -2.19. The van der Waals surface area contributed by atoms with Crippen molar-refractivity contribution in [2.24, 2.45) is 7.05 Å². The van der Waals surface area contributed by atoms with Crippen LogP contribution in [0.25, 0.3) is 22.5 Å². The molecule has 0 atom stereocenters. The number of carbonyl (C=O) groups is 1. The Balaban J connectivity index is 1.46. The SMILES string of the molecule is Cn1cnnc1-c1ccc(C#N)cc1-c1cc(NCCC#N)nc(N2Cc3c(cc(CN4CCCC4)cc3C(F)(F)F)C2=O)c1. The van der Waals surface area contributed by atoms with Gasteiger partial charge in [-0.1, -0.05) is 0 Å². The summed E-state index contributed by atoms with van der Waals surface area (Å²) in [6.07, 6.45) is -0.944. The molecule has 1 N–H and O–H groups in total. The van der Waals surface area contributed by atoms with Crippen LogP contribution in [0, 0.1) is 22.7 Å². The largest absolute Gasteiger partial charge is 0.416 e. The number of nitrogens with one attached hydrogen (secondary N) is 1. The van der Waals surface area contributed by atoms with Crippen LogP contribution in [0.1, 0.15) is 51.9 Å². The Morgan fingerprint density at radius 3 is 2.51 bits per heavy atom. The normalized spacial score (nSPS) is 14.8. The zero-order valence-corrected chi connectivity index (χ0v) is 24.4. The second-order valence-electron chi connectivity index (χ2n) is 11.1. The van der Waals surface area contributed by atoms with E-state index in [9.17, 15) is 23.2 Å². The van der Waals surface area contributed by atoms with Gasteiger partial charge in [0.2, 0.25) is 0 Å². The van der Waals surface area contributed by atoms with Crippen LogP contribution in [0.3, 0.4) is 0 Å². The van der Waals surface area contributed by atoms with E-state index >= 15 is 0 Å². The van der Waals surface area contributed by atoms with Gasteiger partial charge >= 0.3 is 6.18 Å². The number of amides is 1. The summed E-state index contributed by atoms with van der Waals surface area (Å²) < 4.78 is 44.8. The molecule has 4 aromatic rings. The Morgan fingerprint density at radius 1 is 1.02 bits per heavy atom. The van der Waals surface area contributed by atoms with E-state index in [1.165, 1.54) is 4.90 Å². The summed E-state index contributed by atoms with van der Waals surface area (Å²) in [5.74, 6) is 0.398. The Morgan fingerprint density at radius 2 is 1.82 bits per heavy atom. The van der Waals surface area contributed by atoms with Gasteiger partial charge in [0.15, 0.2) is 5.82 Å². The number of nitriles is 2. The highest BCUT2D eigenvalue weighted by molar-refractivity contribution is 6.10. The molecule has 1 amide bonds. The van der Waals surface area contributed by atoms with Gasteiger partial charge in [0.1, 0.15) is 18.0 Å². The summed E-state index contributed by atoms with van der Waals surface area (Å²) in [4.78, 5) is 21.8. The van der Waals surface area contributed by atoms with Crippen LogP contribution in [-0.2, 0) is 26.3 Å². The highest BCUT2D eigenvalue weighted by atomic mass is 19.4. The molecular formula is C32H28F3N9O. The van der Waals surface area contributed by atoms with Gasteiger partial charge in [-0.2, -0.15) is 23.7 Å². The van der Waals surface area contributed by atoms with Gasteiger partial charge in [-0.05, 0) is 90.6 Å². The minimum atomic E-state index is -4.65. The van der Waals surface area contributed by atoms with Crippen molar-refractivity contribution in [1.29, 1.82) is 10.5 Å². The molecule has 2 aromatic heterocycles. The monoisotopic (exact) mass is 611 g/mol. The van der Waals surface area contributed by atoms with E-state index in [1.807, 2.05) is 0 Å². The van der Waals surface area contributed by atoms with Gasteiger partial charge in [-0.15, -0.1) is 10.2 Å². The first-order valence-electron chi connectivity index (χ1n) is 14.5. The van der Waals surface area contributed by atoms with Crippen molar-refractivity contribution in [3.63, 3.8) is 0 Å². The number of halogens is 3. The van der Waals surface area contributed by atoms with Crippen LogP contribution in [0.4, 0.5) is 24.8 Å². The molecule has 4 heterocycles. The zero-order valence-electron chi connectivity index (χ0n) is 24.4. The third-order valence-corrected chi connectivity index (χ3v) is 8.06. The number of aromatic nitrogens is 4. The van der Waals surface area contributed by atoms with E-state index in [0.29, 0.717) is 46.0 Å². The molecule has 1 saturated heterocycles. The minimum Gasteiger partial charge on any atom is -0.369 e. The molecule has 45 heavy (non-hydrogen) atoms. The summed E-state index contributed by atoms with van der Waals surface area (Å²) in [6.45, 7) is 1.90. The lowest BCUT2D eigenvalue weighted by molar-refractivity contribution is -0.138. The number of pyridine rings is 1. The summed E-state index contributed by atoms with van der Waals surface area (Å²) >= 11 is 0. The Labute approximate surface area is 257 Å². The predicted molar refractivity (Wildman–Crippen MR) is 160 cm³/mol. The Kier molecular flexibility index (Phi) is 7.96. The number of alkyl halides is 3. The number of nitrogens with zero attached hydrogens (tertiary/aromatic N) is 8. The van der Waals surface area contributed by atoms with Crippen LogP contribution < -0.4 is 10.2 Å². The van der Waals surface area contributed by atoms with Crippen molar-refractivity contribution in [2.45, 2.75) is 38.5 Å². The second kappa shape index (κ2) is 12.0. The highest BCUT2D eigenvalue weighted by Gasteiger charge is 2.41. The van der Waals surface area contributed by atoms with E-state index in [-0.39, 0.29) is 36.5 Å². The summed E-state index contributed by atoms with van der Waals surface area (Å²) in [5, 5.41) is 30.0. The number of hydrogen-bond donors (Lipinski definition) is 1. The predicted octanol–water partition coefficient (Wildman–Crippen LogP) is 5.52. The number of likely N-dealkylation sites (tertiary alicyclic amines) is 1. The average molecular weight is 612 g/mol. The van der Waals surface area contributed by atoms with Crippen molar-refractivity contribution < 1.29 is 18.0 Å². The zero-order chi connectivity index (χ0) is 31.7. The third-order valence-electron chi connectivity index (χ3n) is 8.06. The summed E-state index contributed by atoms with van der Waals surface area (Å²) in [7, 11) is 1.78. The van der Waals surface area contributed by atoms with E-state index in [1.54, 1.807) is 54.3 Å². The fourth-order valence-electron chi connectivity index (χ4n) is 5.92. The molecule has 0 saturated carbocycles. The molecule has 6 rings (SSSR count). The van der Waals surface area contributed by atoms with Crippen molar-refractivity contribution in [2.75, 3.05) is 29.9 Å². The molecule has 13 heteroatoms. The third kappa shape index (κ3) is 5.95. The van der Waals surface area contributed by atoms with Crippen LogP contribution in [0.2, 0.25) is 0 Å². The van der Waals surface area contributed by atoms with E-state index in [0.717, 1.165) is 32.0 Å². The Bertz CT molecular complexity index is 1860. The molecule has 0 unspecified atom stereocenters. The number of anilines is 2. The highest BCUT2D eigenvalue weighted by Crippen LogP contribution is 2.41. The number of hydrogen-bond acceptors (Lipinski definition) is 8. The average Bonchev–Trinajstić information content (AvgIpc) is 3.77. The van der Waals surface area contributed by atoms with Crippen LogP contribution in [-0.4, -0.2) is 50.2 Å². The maximum absolute atomic E-state index is 14.4. The van der Waals surface area contributed by atoms with Gasteiger partial charge < -0.3 is 9.88 Å². The van der Waals surface area contributed by atoms with Crippen LogP contribution >= 0.6 is 0 Å². The van der Waals surface area contributed by atoms with Gasteiger partial charge in [0, 0.05) is 31.3 Å². The van der Waals surface area contributed by atoms with E-state index in [4.69, 9.17) is 5.26 Å². The molecule has 10 nitrogen and oxygen atoms in total. The number of benzene rings is 2. The van der Waals surface area contributed by atoms with Crippen molar-refractivity contribution in [1.82, 2.24) is 24.6 Å². The van der Waals surface area contributed by atoms with E-state index in [2.05, 4.69) is 37.5 Å². The van der Waals surface area contributed by atoms with Crippen molar-refractivity contribution >= 4 is 17.5 Å². The van der Waals surface area contributed by atoms with Gasteiger partial charge in [0.05, 0.1) is 36.2 Å². The molecule has 1 fully saturated rings. The number of rotatable bonds is 8. The lowest BCUT2D eigenvalue weighted by atomic mass is 9.97. The lowest BCUT2D eigenvalue weighted by Crippen LogP contribution is -2.24. The number of carbonyl (C=O) groups excluding carboxylic acids is 1. The molecule has 2 aromatic carbocycles. The first-order valence-corrected chi connectivity index (χ1v) is 14.5. The Hall–Kier alpha value is -5.27. The van der Waals surface area contributed by atoms with Gasteiger partial charge in [-0.25, -0.2) is 4.98 Å². The molecule has 0 bridgehead atoms. The van der Waals surface area contributed by atoms with Crippen molar-refractivity contribution in [3.05, 3.63) is 76.6 Å². The fourth-order valence-corrected chi connectivity index (χ4v) is 5.92. The quantitative estimate of drug-likeness (QED) is 0.258. The smallest absolute Gasteiger partial charge is 0.369 e. The summed E-state index contributed by atoms with van der Waals surface area (Å²) in [6, 6.07) is 15.3. The molecule has 2 aliphatic heterocycles. The maximum atomic E-state index is 14.4. The maximum Gasteiger partial charge on any atom is 0.416 e. The van der Waals surface area contributed by atoms with E-state index < -0.39 is 17.6 Å². The number of aryl methyl sites for hydroxylation is 1. The first-order chi connectivity index (χ1) is 21.7. The molecular weight excluding hydrogens is 583 g/mol. The molecule has 0 radical (unpaired) electrons. The molecule has 0 aliphatic carbocycles. The van der Waals surface area contributed by atoms with Crippen molar-refractivity contribution in [3.8, 4) is 34.7 Å². The first kappa shape index (κ1) is 29.8. The standard InChI is InChI=1S/C32H28F3N9O/c1-42-19-39-41-30(42)23-6-5-20(16-37)11-24(23)22-14-28(38-8-4-7-36)40-29(15-22)44-18-26-25(31(44)45)12-21(13-27(26)32(33,34)35)17-43-9-2-3-10-43/h5-6,11-15,19H,2-4,8-10,17-18H2,1H3,(H,38,40). The summed E-state index contributed by atoms with van der Waals surface area (Å²) in [5.41, 5.74) is 1.70. The second-order valence-corrected chi connectivity index (χ2v) is 11.1. The molecule has 228 valence electrons. The molecule has 0 spiro atoms. The minimum absolute atomic E-state index is 0.0106. The van der Waals surface area contributed by atoms with Crippen LogP contribution in [0.5, 0.6) is 0 Å². The fraction of sp³-hybridized carbons (Fsp3) is 0.312. The van der Waals surface area contributed by atoms with Gasteiger partial charge in [-0.3, -0.25) is 14.6 Å². The topological polar surface area (TPSA) is 127 Å². The van der Waals surface area contributed by atoms with Gasteiger partial charge in [0.25, 0.3) is 5.91 Å². The molecule has 2 aliphatic rings. The number of fused-ring (bicyclic) bond motifs is 1. The van der Waals surface area contributed by atoms with Crippen LogP contribution in [0.15, 0.2) is 48.8 Å².